The number of hydrogen-bond acceptors (Lipinski definition) is 4. The maximum Gasteiger partial charge on any atom is 0.256 e. The van der Waals surface area contributed by atoms with Crippen LogP contribution in [-0.4, -0.2) is 20.1 Å². The van der Waals surface area contributed by atoms with E-state index in [0.29, 0.717) is 11.8 Å². The molecule has 0 unspecified atom stereocenters. The number of nitriles is 1. The molecule has 2 aromatic carbocycles. The zero-order valence-corrected chi connectivity index (χ0v) is 13.0. The first-order chi connectivity index (χ1) is 11.5. The number of hydrogen-bond donors (Lipinski definition) is 1. The van der Waals surface area contributed by atoms with Crippen LogP contribution in [0.3, 0.4) is 0 Å². The molecule has 1 N–H and O–H groups in total. The lowest BCUT2D eigenvalue weighted by atomic mass is 10.1. The first-order valence-electron chi connectivity index (χ1n) is 6.87. The van der Waals surface area contributed by atoms with Gasteiger partial charge in [0, 0.05) is 11.6 Å². The van der Waals surface area contributed by atoms with Gasteiger partial charge in [0.2, 0.25) is 0 Å². The molecule has 0 bridgehead atoms. The maximum absolute atomic E-state index is 13.8. The van der Waals surface area contributed by atoms with Crippen molar-refractivity contribution in [3.63, 3.8) is 0 Å². The molecule has 0 saturated heterocycles. The fraction of sp³-hybridized carbons (Fsp3) is 0.176. The Labute approximate surface area is 137 Å². The molecule has 0 fully saturated rings. The summed E-state index contributed by atoms with van der Waals surface area (Å²) in [4.78, 5) is 12.4. The fourth-order valence-electron chi connectivity index (χ4n) is 2.12. The molecule has 1 atom stereocenters. The number of ether oxygens (including phenoxy) is 2. The summed E-state index contributed by atoms with van der Waals surface area (Å²) in [6.07, 6.45) is 0. The van der Waals surface area contributed by atoms with Crippen LogP contribution in [0.4, 0.5) is 8.78 Å². The van der Waals surface area contributed by atoms with Gasteiger partial charge in [-0.15, -0.1) is 0 Å². The van der Waals surface area contributed by atoms with Gasteiger partial charge in [0.25, 0.3) is 5.91 Å². The van der Waals surface area contributed by atoms with Gasteiger partial charge in [-0.1, -0.05) is 6.07 Å². The van der Waals surface area contributed by atoms with Gasteiger partial charge in [0.15, 0.2) is 0 Å². The van der Waals surface area contributed by atoms with E-state index < -0.39 is 23.6 Å². The Bertz CT molecular complexity index is 803. The topological polar surface area (TPSA) is 71.3 Å². The Kier molecular flexibility index (Phi) is 5.32. The van der Waals surface area contributed by atoms with Gasteiger partial charge >= 0.3 is 0 Å². The van der Waals surface area contributed by atoms with Crippen molar-refractivity contribution in [3.05, 3.63) is 59.2 Å². The third-order valence-corrected chi connectivity index (χ3v) is 3.33. The Morgan fingerprint density at radius 1 is 1.17 bits per heavy atom. The summed E-state index contributed by atoms with van der Waals surface area (Å²) in [6, 6.07) is 7.85. The summed E-state index contributed by atoms with van der Waals surface area (Å²) >= 11 is 0. The maximum atomic E-state index is 13.8. The summed E-state index contributed by atoms with van der Waals surface area (Å²) in [5, 5.41) is 11.6. The van der Waals surface area contributed by atoms with E-state index in [4.69, 9.17) is 9.47 Å². The van der Waals surface area contributed by atoms with E-state index in [1.165, 1.54) is 26.4 Å². The van der Waals surface area contributed by atoms with Crippen LogP contribution in [0.5, 0.6) is 11.5 Å². The second-order valence-electron chi connectivity index (χ2n) is 4.77. The minimum absolute atomic E-state index is 0.125. The SMILES string of the molecule is COc1ccc(OC)c(C(=O)N[C@H](C#N)c2ccc(F)cc2F)c1. The minimum Gasteiger partial charge on any atom is -0.497 e. The highest BCUT2D eigenvalue weighted by molar-refractivity contribution is 5.97. The Balaban J connectivity index is 2.32. The highest BCUT2D eigenvalue weighted by Crippen LogP contribution is 2.25. The number of methoxy groups -OCH3 is 2. The number of benzene rings is 2. The molecule has 7 heteroatoms. The highest BCUT2D eigenvalue weighted by Gasteiger charge is 2.21. The molecule has 5 nitrogen and oxygen atoms in total. The Morgan fingerprint density at radius 3 is 2.50 bits per heavy atom. The number of halogens is 2. The monoisotopic (exact) mass is 332 g/mol. The highest BCUT2D eigenvalue weighted by atomic mass is 19.1. The Morgan fingerprint density at radius 2 is 1.92 bits per heavy atom. The van der Waals surface area contributed by atoms with Gasteiger partial charge in [-0.05, 0) is 24.3 Å². The van der Waals surface area contributed by atoms with Crippen molar-refractivity contribution in [1.82, 2.24) is 5.32 Å². The first kappa shape index (κ1) is 17.2. The molecule has 124 valence electrons. The van der Waals surface area contributed by atoms with E-state index in [1.807, 2.05) is 0 Å². The molecule has 0 heterocycles. The zero-order chi connectivity index (χ0) is 17.7. The van der Waals surface area contributed by atoms with Crippen molar-refractivity contribution < 1.29 is 23.0 Å². The summed E-state index contributed by atoms with van der Waals surface area (Å²) in [5.41, 5.74) is -0.00580. The number of nitrogens with zero attached hydrogens (tertiary/aromatic N) is 1. The molecule has 1 amide bonds. The molecule has 0 aliphatic rings. The number of nitrogens with one attached hydrogen (secondary N) is 1. The van der Waals surface area contributed by atoms with Crippen LogP contribution in [0.2, 0.25) is 0 Å². The molecule has 0 aliphatic carbocycles. The minimum atomic E-state index is -1.28. The van der Waals surface area contributed by atoms with Crippen LogP contribution >= 0.6 is 0 Å². The fourth-order valence-corrected chi connectivity index (χ4v) is 2.12. The van der Waals surface area contributed by atoms with E-state index >= 15 is 0 Å². The first-order valence-corrected chi connectivity index (χ1v) is 6.87. The van der Waals surface area contributed by atoms with Gasteiger partial charge in [-0.2, -0.15) is 5.26 Å². The third-order valence-electron chi connectivity index (χ3n) is 3.33. The van der Waals surface area contributed by atoms with Gasteiger partial charge in [0.05, 0.1) is 25.9 Å². The number of amides is 1. The van der Waals surface area contributed by atoms with Gasteiger partial charge in [0.1, 0.15) is 29.2 Å². The van der Waals surface area contributed by atoms with E-state index in [-0.39, 0.29) is 16.9 Å². The van der Waals surface area contributed by atoms with Crippen LogP contribution in [0.15, 0.2) is 36.4 Å². The van der Waals surface area contributed by atoms with Gasteiger partial charge in [-0.25, -0.2) is 8.78 Å². The van der Waals surface area contributed by atoms with Gasteiger partial charge < -0.3 is 14.8 Å². The number of carbonyl (C=O) groups is 1. The summed E-state index contributed by atoms with van der Waals surface area (Å²) in [5.74, 6) is -1.65. The summed E-state index contributed by atoms with van der Waals surface area (Å²) in [7, 11) is 2.83. The third kappa shape index (κ3) is 3.60. The van der Waals surface area contributed by atoms with Crippen LogP contribution in [-0.2, 0) is 0 Å². The molecule has 0 radical (unpaired) electrons. The normalized spacial score (nSPS) is 11.3. The van der Waals surface area contributed by atoms with Crippen LogP contribution in [0.25, 0.3) is 0 Å². The molecule has 0 aromatic heterocycles. The molecule has 2 rings (SSSR count). The van der Waals surface area contributed by atoms with Crippen LogP contribution < -0.4 is 14.8 Å². The van der Waals surface area contributed by atoms with E-state index in [1.54, 1.807) is 12.1 Å². The lowest BCUT2D eigenvalue weighted by Crippen LogP contribution is -2.28. The van der Waals surface area contributed by atoms with E-state index in [0.717, 1.165) is 12.1 Å². The smallest absolute Gasteiger partial charge is 0.256 e. The van der Waals surface area contributed by atoms with Crippen LogP contribution in [0.1, 0.15) is 22.0 Å². The lowest BCUT2D eigenvalue weighted by molar-refractivity contribution is 0.0941. The average Bonchev–Trinajstić information content (AvgIpc) is 2.59. The van der Waals surface area contributed by atoms with Crippen molar-refractivity contribution >= 4 is 5.91 Å². The van der Waals surface area contributed by atoms with E-state index in [9.17, 15) is 18.8 Å². The average molecular weight is 332 g/mol. The predicted octanol–water partition coefficient (Wildman–Crippen LogP) is 2.98. The molecule has 24 heavy (non-hydrogen) atoms. The van der Waals surface area contributed by atoms with Crippen molar-refractivity contribution in [1.29, 1.82) is 5.26 Å². The van der Waals surface area contributed by atoms with Crippen molar-refractivity contribution in [2.45, 2.75) is 6.04 Å². The number of carbonyl (C=O) groups excluding carboxylic acids is 1. The molecular formula is C17H14F2N2O3. The van der Waals surface area contributed by atoms with Gasteiger partial charge in [-0.3, -0.25) is 4.79 Å². The standard InChI is InChI=1S/C17H14F2N2O3/c1-23-11-4-6-16(24-2)13(8-11)17(22)21-15(9-20)12-5-3-10(18)7-14(12)19/h3-8,15H,1-2H3,(H,21,22)/t15-/m1/s1. The largest absolute Gasteiger partial charge is 0.497 e. The number of rotatable bonds is 5. The lowest BCUT2D eigenvalue weighted by Gasteiger charge is -2.15. The van der Waals surface area contributed by atoms with Crippen molar-refractivity contribution in [2.24, 2.45) is 0 Å². The zero-order valence-electron chi connectivity index (χ0n) is 13.0. The summed E-state index contributed by atoms with van der Waals surface area (Å²) < 4.78 is 37.0. The second kappa shape index (κ2) is 7.42. The van der Waals surface area contributed by atoms with Crippen molar-refractivity contribution in [2.75, 3.05) is 14.2 Å². The second-order valence-corrected chi connectivity index (χ2v) is 4.77. The predicted molar refractivity (Wildman–Crippen MR) is 81.7 cm³/mol. The molecule has 2 aromatic rings. The quantitative estimate of drug-likeness (QED) is 0.914. The van der Waals surface area contributed by atoms with Crippen LogP contribution in [0, 0.1) is 23.0 Å². The molecule has 0 saturated carbocycles. The van der Waals surface area contributed by atoms with Crippen molar-refractivity contribution in [3.8, 4) is 17.6 Å². The Hall–Kier alpha value is -3.14. The molecule has 0 spiro atoms. The molecular weight excluding hydrogens is 318 g/mol. The molecule has 0 aliphatic heterocycles. The summed E-state index contributed by atoms with van der Waals surface area (Å²) in [6.45, 7) is 0. The van der Waals surface area contributed by atoms with E-state index in [2.05, 4.69) is 5.32 Å².